The maximum absolute atomic E-state index is 12.7. The van der Waals surface area contributed by atoms with Crippen molar-refractivity contribution in [3.05, 3.63) is 65.7 Å². The lowest BCUT2D eigenvalue weighted by atomic mass is 9.96. The lowest BCUT2D eigenvalue weighted by Crippen LogP contribution is -2.28. The first-order chi connectivity index (χ1) is 14.6. The van der Waals surface area contributed by atoms with Crippen molar-refractivity contribution in [3.63, 3.8) is 0 Å². The van der Waals surface area contributed by atoms with Crippen molar-refractivity contribution >= 4 is 23.8 Å². The van der Waals surface area contributed by atoms with Gasteiger partial charge in [-0.3, -0.25) is 14.4 Å². The van der Waals surface area contributed by atoms with Crippen LogP contribution >= 0.6 is 0 Å². The number of hydrogen-bond donors (Lipinski definition) is 1. The summed E-state index contributed by atoms with van der Waals surface area (Å²) in [4.78, 5) is 37.8. The van der Waals surface area contributed by atoms with Gasteiger partial charge in [-0.25, -0.2) is 0 Å². The minimum atomic E-state index is -0.0983. The van der Waals surface area contributed by atoms with Crippen LogP contribution in [0.3, 0.4) is 0 Å². The zero-order chi connectivity index (χ0) is 21.1. The molecule has 2 aliphatic rings. The first kappa shape index (κ1) is 20.0. The first-order valence-electron chi connectivity index (χ1n) is 10.1. The van der Waals surface area contributed by atoms with Crippen molar-refractivity contribution in [2.24, 2.45) is 5.92 Å². The second kappa shape index (κ2) is 8.63. The number of nitrogens with zero attached hydrogens (tertiary/aromatic N) is 1. The Bertz CT molecular complexity index is 1010. The maximum atomic E-state index is 12.7. The molecule has 0 spiro atoms. The van der Waals surface area contributed by atoms with Crippen LogP contribution in [0, 0.1) is 5.92 Å². The molecule has 6 nitrogen and oxygen atoms in total. The molecule has 0 bridgehead atoms. The lowest BCUT2D eigenvalue weighted by molar-refractivity contribution is -0.122. The van der Waals surface area contributed by atoms with Gasteiger partial charge in [0.25, 0.3) is 5.91 Å². The lowest BCUT2D eigenvalue weighted by Gasteiger charge is -2.21. The largest absolute Gasteiger partial charge is 0.381 e. The highest BCUT2D eigenvalue weighted by molar-refractivity contribution is 6.01. The molecule has 1 fully saturated rings. The van der Waals surface area contributed by atoms with Gasteiger partial charge in [0.2, 0.25) is 5.91 Å². The number of carbonyl (C=O) groups excluding carboxylic acids is 3. The van der Waals surface area contributed by atoms with E-state index in [0.717, 1.165) is 35.2 Å². The van der Waals surface area contributed by atoms with Gasteiger partial charge in [0.15, 0.2) is 0 Å². The Kier molecular flexibility index (Phi) is 5.77. The van der Waals surface area contributed by atoms with E-state index in [2.05, 4.69) is 11.9 Å². The fourth-order valence-corrected chi connectivity index (χ4v) is 4.04. The van der Waals surface area contributed by atoms with Crippen LogP contribution < -0.4 is 5.32 Å². The quantitative estimate of drug-likeness (QED) is 0.591. The Morgan fingerprint density at radius 2 is 1.90 bits per heavy atom. The third-order valence-corrected chi connectivity index (χ3v) is 5.64. The molecule has 0 aliphatic carbocycles. The number of hydrogen-bond acceptors (Lipinski definition) is 4. The molecule has 0 saturated carbocycles. The number of amides is 2. The van der Waals surface area contributed by atoms with Gasteiger partial charge in [-0.1, -0.05) is 30.8 Å². The van der Waals surface area contributed by atoms with E-state index < -0.39 is 0 Å². The van der Waals surface area contributed by atoms with Crippen LogP contribution in [0.2, 0.25) is 0 Å². The van der Waals surface area contributed by atoms with Crippen LogP contribution in [-0.4, -0.2) is 42.8 Å². The van der Waals surface area contributed by atoms with Crippen molar-refractivity contribution < 1.29 is 19.1 Å². The number of ether oxygens (including phenoxy) is 1. The van der Waals surface area contributed by atoms with Crippen LogP contribution in [0.15, 0.2) is 54.6 Å². The number of benzene rings is 2. The Morgan fingerprint density at radius 1 is 1.17 bits per heavy atom. The third kappa shape index (κ3) is 4.04. The van der Waals surface area contributed by atoms with Gasteiger partial charge in [-0.15, -0.1) is 0 Å². The van der Waals surface area contributed by atoms with Crippen LogP contribution in [0.5, 0.6) is 0 Å². The van der Waals surface area contributed by atoms with Gasteiger partial charge in [-0.2, -0.15) is 0 Å². The summed E-state index contributed by atoms with van der Waals surface area (Å²) in [6, 6.07) is 13.3. The molecule has 2 amide bonds. The van der Waals surface area contributed by atoms with E-state index in [1.807, 2.05) is 42.5 Å². The Morgan fingerprint density at radius 3 is 2.67 bits per heavy atom. The second-order valence-corrected chi connectivity index (χ2v) is 7.73. The highest BCUT2D eigenvalue weighted by Crippen LogP contribution is 2.34. The molecule has 2 heterocycles. The number of rotatable bonds is 6. The normalized spacial score (nSPS) is 16.3. The van der Waals surface area contributed by atoms with Crippen LogP contribution in [0.4, 0.5) is 5.69 Å². The average molecular weight is 404 g/mol. The SMILES string of the molecule is C=C(C=O)CN1Cc2c(cccc2-c2cccc(NC(=O)C3CCOCC3)c2)C1=O. The highest BCUT2D eigenvalue weighted by Gasteiger charge is 2.29. The Labute approximate surface area is 175 Å². The summed E-state index contributed by atoms with van der Waals surface area (Å²) in [5.74, 6) is -0.109. The minimum absolute atomic E-state index is 0.0162. The summed E-state index contributed by atoms with van der Waals surface area (Å²) in [5, 5.41) is 3.02. The molecule has 154 valence electrons. The van der Waals surface area contributed by atoms with E-state index in [-0.39, 0.29) is 24.3 Å². The summed E-state index contributed by atoms with van der Waals surface area (Å²) in [5.41, 5.74) is 4.55. The molecular weight excluding hydrogens is 380 g/mol. The van der Waals surface area contributed by atoms with Crippen molar-refractivity contribution in [2.45, 2.75) is 19.4 Å². The number of carbonyl (C=O) groups is 3. The summed E-state index contributed by atoms with van der Waals surface area (Å²) >= 11 is 0. The molecular formula is C24H24N2O4. The topological polar surface area (TPSA) is 75.7 Å². The summed E-state index contributed by atoms with van der Waals surface area (Å²) < 4.78 is 5.33. The molecule has 0 aromatic heterocycles. The monoisotopic (exact) mass is 404 g/mol. The van der Waals surface area contributed by atoms with E-state index in [1.54, 1.807) is 4.90 Å². The molecule has 2 aromatic carbocycles. The second-order valence-electron chi connectivity index (χ2n) is 7.73. The predicted octanol–water partition coefficient (Wildman–Crippen LogP) is 3.43. The van der Waals surface area contributed by atoms with E-state index in [1.165, 1.54) is 0 Å². The highest BCUT2D eigenvalue weighted by atomic mass is 16.5. The standard InChI is InChI=1S/C24H24N2O4/c1-16(15-27)13-26-14-22-20(6-3-7-21(22)24(26)29)18-4-2-5-19(12-18)25-23(28)17-8-10-30-11-9-17/h2-7,12,15,17H,1,8-11,13-14H2,(H,25,28). The van der Waals surface area contributed by atoms with Gasteiger partial charge >= 0.3 is 0 Å². The molecule has 0 unspecified atom stereocenters. The molecule has 30 heavy (non-hydrogen) atoms. The molecule has 1 N–H and O–H groups in total. The summed E-state index contributed by atoms with van der Waals surface area (Å²) in [6.45, 7) is 5.57. The molecule has 2 aliphatic heterocycles. The summed E-state index contributed by atoms with van der Waals surface area (Å²) in [6.07, 6.45) is 2.16. The van der Waals surface area contributed by atoms with Crippen molar-refractivity contribution in [2.75, 3.05) is 25.1 Å². The van der Waals surface area contributed by atoms with E-state index >= 15 is 0 Å². The predicted molar refractivity (Wildman–Crippen MR) is 114 cm³/mol. The zero-order valence-corrected chi connectivity index (χ0v) is 16.7. The van der Waals surface area contributed by atoms with E-state index in [4.69, 9.17) is 4.74 Å². The number of fused-ring (bicyclic) bond motifs is 1. The van der Waals surface area contributed by atoms with Crippen molar-refractivity contribution in [1.29, 1.82) is 0 Å². The third-order valence-electron chi connectivity index (χ3n) is 5.64. The zero-order valence-electron chi connectivity index (χ0n) is 16.7. The molecule has 2 aromatic rings. The fourth-order valence-electron chi connectivity index (χ4n) is 4.04. The maximum Gasteiger partial charge on any atom is 0.254 e. The number of aldehydes is 1. The first-order valence-corrected chi connectivity index (χ1v) is 10.1. The molecule has 4 rings (SSSR count). The smallest absolute Gasteiger partial charge is 0.254 e. The summed E-state index contributed by atoms with van der Waals surface area (Å²) in [7, 11) is 0. The van der Waals surface area contributed by atoms with Gasteiger partial charge in [-0.05, 0) is 47.7 Å². The van der Waals surface area contributed by atoms with Crippen LogP contribution in [0.25, 0.3) is 11.1 Å². The van der Waals surface area contributed by atoms with Gasteiger partial charge in [0.05, 0.1) is 0 Å². The molecule has 1 saturated heterocycles. The molecule has 6 heteroatoms. The van der Waals surface area contributed by atoms with Crippen molar-refractivity contribution in [3.8, 4) is 11.1 Å². The van der Waals surface area contributed by atoms with Crippen molar-refractivity contribution in [1.82, 2.24) is 4.90 Å². The minimum Gasteiger partial charge on any atom is -0.381 e. The Hall–Kier alpha value is -3.25. The fraction of sp³-hybridized carbons (Fsp3) is 0.292. The molecule has 0 radical (unpaired) electrons. The van der Waals surface area contributed by atoms with Gasteiger partial charge in [0, 0.05) is 49.0 Å². The van der Waals surface area contributed by atoms with Crippen LogP contribution in [-0.2, 0) is 20.9 Å². The van der Waals surface area contributed by atoms with Crippen LogP contribution in [0.1, 0.15) is 28.8 Å². The average Bonchev–Trinajstić information content (AvgIpc) is 3.09. The van der Waals surface area contributed by atoms with E-state index in [0.29, 0.717) is 37.2 Å². The number of anilines is 1. The molecule has 0 atom stereocenters. The van der Waals surface area contributed by atoms with Gasteiger partial charge in [0.1, 0.15) is 6.29 Å². The Balaban J connectivity index is 1.57. The number of nitrogens with one attached hydrogen (secondary N) is 1. The van der Waals surface area contributed by atoms with Gasteiger partial charge < -0.3 is 15.0 Å². The van der Waals surface area contributed by atoms with E-state index in [9.17, 15) is 14.4 Å².